The van der Waals surface area contributed by atoms with Gasteiger partial charge in [0.05, 0.1) is 0 Å². The highest BCUT2D eigenvalue weighted by Gasteiger charge is 2.47. The van der Waals surface area contributed by atoms with Crippen molar-refractivity contribution < 1.29 is 0 Å². The zero-order valence-corrected chi connectivity index (χ0v) is 14.0. The van der Waals surface area contributed by atoms with Gasteiger partial charge >= 0.3 is 0 Å². The van der Waals surface area contributed by atoms with Crippen molar-refractivity contribution in [3.63, 3.8) is 0 Å². The van der Waals surface area contributed by atoms with Gasteiger partial charge in [0.1, 0.15) is 0 Å². The molecule has 1 nitrogen and oxygen atoms in total. The van der Waals surface area contributed by atoms with Crippen molar-refractivity contribution in [3.05, 3.63) is 35.9 Å². The zero-order valence-electron chi connectivity index (χ0n) is 14.0. The highest BCUT2D eigenvalue weighted by molar-refractivity contribution is 6.74. The Balaban J connectivity index is 1.86. The van der Waals surface area contributed by atoms with Gasteiger partial charge in [-0.2, -0.15) is 0 Å². The molecule has 0 radical (unpaired) electrons. The van der Waals surface area contributed by atoms with E-state index in [9.17, 15) is 0 Å². The monoisotopic (exact) mass is 281 g/mol. The SMILES string of the molecule is CC1(C)CB(c2cccc(C3=CCNCC3)c2)CC1(C)C. The van der Waals surface area contributed by atoms with Crippen molar-refractivity contribution in [2.45, 2.75) is 46.8 Å². The Morgan fingerprint density at radius 3 is 2.38 bits per heavy atom. The van der Waals surface area contributed by atoms with Gasteiger partial charge in [-0.1, -0.05) is 76.1 Å². The van der Waals surface area contributed by atoms with E-state index >= 15 is 0 Å². The smallest absolute Gasteiger partial charge is 0.176 e. The molecule has 0 atom stereocenters. The Bertz CT molecular complexity index is 540. The van der Waals surface area contributed by atoms with Crippen molar-refractivity contribution in [2.75, 3.05) is 13.1 Å². The maximum Gasteiger partial charge on any atom is 0.176 e. The molecule has 21 heavy (non-hydrogen) atoms. The Kier molecular flexibility index (Phi) is 3.77. The third kappa shape index (κ3) is 2.83. The average molecular weight is 281 g/mol. The molecule has 1 aromatic rings. The molecular formula is C19H28BN. The predicted octanol–water partition coefficient (Wildman–Crippen LogP) is 3.83. The van der Waals surface area contributed by atoms with Gasteiger partial charge < -0.3 is 5.32 Å². The van der Waals surface area contributed by atoms with Gasteiger partial charge in [-0.25, -0.2) is 0 Å². The maximum absolute atomic E-state index is 3.40. The van der Waals surface area contributed by atoms with Crippen LogP contribution in [0.25, 0.3) is 5.57 Å². The topological polar surface area (TPSA) is 12.0 Å². The van der Waals surface area contributed by atoms with E-state index in [1.807, 2.05) is 0 Å². The fraction of sp³-hybridized carbons (Fsp3) is 0.579. The van der Waals surface area contributed by atoms with Crippen LogP contribution in [0.1, 0.15) is 39.7 Å². The number of nitrogens with one attached hydrogen (secondary N) is 1. The van der Waals surface area contributed by atoms with E-state index < -0.39 is 0 Å². The second kappa shape index (κ2) is 5.32. The number of benzene rings is 1. The molecule has 0 aromatic heterocycles. The summed E-state index contributed by atoms with van der Waals surface area (Å²) in [5.74, 6) is 0. The predicted molar refractivity (Wildman–Crippen MR) is 94.5 cm³/mol. The third-order valence-electron chi connectivity index (χ3n) is 6.14. The summed E-state index contributed by atoms with van der Waals surface area (Å²) in [7, 11) is 0. The highest BCUT2D eigenvalue weighted by Crippen LogP contribution is 2.52. The summed E-state index contributed by atoms with van der Waals surface area (Å²) in [6.07, 6.45) is 6.13. The zero-order chi connectivity index (χ0) is 15.1. The fourth-order valence-corrected chi connectivity index (χ4v) is 3.97. The van der Waals surface area contributed by atoms with Crippen LogP contribution in [0.15, 0.2) is 30.3 Å². The molecule has 2 heteroatoms. The summed E-state index contributed by atoms with van der Waals surface area (Å²) < 4.78 is 0. The molecule has 0 unspecified atom stereocenters. The molecule has 2 aliphatic heterocycles. The van der Waals surface area contributed by atoms with Crippen LogP contribution in [0.2, 0.25) is 12.6 Å². The van der Waals surface area contributed by atoms with Crippen molar-refractivity contribution in [1.29, 1.82) is 0 Å². The van der Waals surface area contributed by atoms with Crippen molar-refractivity contribution in [1.82, 2.24) is 5.32 Å². The Hall–Kier alpha value is -1.02. The van der Waals surface area contributed by atoms with E-state index in [0.29, 0.717) is 10.8 Å². The first kappa shape index (κ1) is 14.9. The standard InChI is InChI=1S/C19H28BN/c1-18(2)13-20(14-19(18,3)4)17-7-5-6-16(12-17)15-8-10-21-11-9-15/h5-8,12,21H,9-11,13-14H2,1-4H3. The lowest BCUT2D eigenvalue weighted by molar-refractivity contribution is 0.177. The lowest BCUT2D eigenvalue weighted by atomic mass is 9.42. The van der Waals surface area contributed by atoms with Crippen molar-refractivity contribution in [3.8, 4) is 0 Å². The van der Waals surface area contributed by atoms with E-state index in [-0.39, 0.29) is 0 Å². The van der Waals surface area contributed by atoms with E-state index in [1.165, 1.54) is 23.8 Å². The average Bonchev–Trinajstić information content (AvgIpc) is 2.69. The summed E-state index contributed by atoms with van der Waals surface area (Å²) in [4.78, 5) is 0. The lowest BCUT2D eigenvalue weighted by Crippen LogP contribution is -2.28. The molecule has 1 aromatic carbocycles. The molecule has 1 fully saturated rings. The molecule has 0 spiro atoms. The minimum absolute atomic E-state index is 0.432. The minimum atomic E-state index is 0.432. The Morgan fingerprint density at radius 1 is 1.05 bits per heavy atom. The first-order valence-corrected chi connectivity index (χ1v) is 8.39. The summed E-state index contributed by atoms with van der Waals surface area (Å²) in [5.41, 5.74) is 5.37. The van der Waals surface area contributed by atoms with Crippen LogP contribution in [-0.4, -0.2) is 19.8 Å². The van der Waals surface area contributed by atoms with E-state index in [0.717, 1.165) is 26.2 Å². The van der Waals surface area contributed by atoms with E-state index in [4.69, 9.17) is 0 Å². The molecule has 2 aliphatic rings. The number of rotatable bonds is 2. The molecule has 0 saturated carbocycles. The van der Waals surface area contributed by atoms with Gasteiger partial charge in [0.15, 0.2) is 6.71 Å². The molecule has 0 amide bonds. The van der Waals surface area contributed by atoms with E-state index in [1.54, 1.807) is 5.46 Å². The number of hydrogen-bond acceptors (Lipinski definition) is 1. The highest BCUT2D eigenvalue weighted by atomic mass is 14.8. The largest absolute Gasteiger partial charge is 0.313 e. The molecule has 1 saturated heterocycles. The Labute approximate surface area is 130 Å². The van der Waals surface area contributed by atoms with Crippen LogP contribution in [0.5, 0.6) is 0 Å². The van der Waals surface area contributed by atoms with Gasteiger partial charge in [-0.15, -0.1) is 0 Å². The van der Waals surface area contributed by atoms with Crippen LogP contribution in [0.3, 0.4) is 0 Å². The van der Waals surface area contributed by atoms with Gasteiger partial charge in [0, 0.05) is 6.54 Å². The van der Waals surface area contributed by atoms with Gasteiger partial charge in [-0.05, 0) is 34.9 Å². The van der Waals surface area contributed by atoms with Crippen molar-refractivity contribution in [2.24, 2.45) is 10.8 Å². The van der Waals surface area contributed by atoms with Gasteiger partial charge in [-0.3, -0.25) is 0 Å². The number of hydrogen-bond donors (Lipinski definition) is 1. The minimum Gasteiger partial charge on any atom is -0.313 e. The maximum atomic E-state index is 3.40. The van der Waals surface area contributed by atoms with Crippen LogP contribution in [0, 0.1) is 10.8 Å². The summed E-state index contributed by atoms with van der Waals surface area (Å²) in [6, 6.07) is 9.34. The van der Waals surface area contributed by atoms with Gasteiger partial charge in [0.2, 0.25) is 0 Å². The van der Waals surface area contributed by atoms with Crippen LogP contribution >= 0.6 is 0 Å². The first-order chi connectivity index (χ1) is 9.89. The molecule has 0 bridgehead atoms. The molecule has 1 N–H and O–H groups in total. The van der Waals surface area contributed by atoms with Crippen LogP contribution < -0.4 is 10.8 Å². The normalized spacial score (nSPS) is 24.0. The Morgan fingerprint density at radius 2 is 1.76 bits per heavy atom. The van der Waals surface area contributed by atoms with Crippen LogP contribution in [-0.2, 0) is 0 Å². The molecular weight excluding hydrogens is 253 g/mol. The fourth-order valence-electron chi connectivity index (χ4n) is 3.97. The molecule has 112 valence electrons. The van der Waals surface area contributed by atoms with Crippen molar-refractivity contribution >= 4 is 17.7 Å². The lowest BCUT2D eigenvalue weighted by Gasteiger charge is -2.35. The second-order valence-electron chi connectivity index (χ2n) is 8.18. The van der Waals surface area contributed by atoms with Crippen LogP contribution in [0.4, 0.5) is 0 Å². The molecule has 3 rings (SSSR count). The van der Waals surface area contributed by atoms with Gasteiger partial charge in [0.25, 0.3) is 0 Å². The molecule has 0 aliphatic carbocycles. The molecule has 2 heterocycles. The summed E-state index contributed by atoms with van der Waals surface area (Å²) in [5, 5.41) is 3.40. The first-order valence-electron chi connectivity index (χ1n) is 8.39. The summed E-state index contributed by atoms with van der Waals surface area (Å²) in [6.45, 7) is 12.6. The quantitative estimate of drug-likeness (QED) is 0.812. The summed E-state index contributed by atoms with van der Waals surface area (Å²) >= 11 is 0. The third-order valence-corrected chi connectivity index (χ3v) is 6.14. The van der Waals surface area contributed by atoms with E-state index in [2.05, 4.69) is 63.4 Å². The second-order valence-corrected chi connectivity index (χ2v) is 8.18.